The van der Waals surface area contributed by atoms with E-state index >= 15 is 0 Å². The summed E-state index contributed by atoms with van der Waals surface area (Å²) in [5, 5.41) is 13.4. The number of nitrogens with zero attached hydrogens (tertiary/aromatic N) is 2. The topological polar surface area (TPSA) is 117 Å². The van der Waals surface area contributed by atoms with Gasteiger partial charge in [-0.2, -0.15) is 0 Å². The third-order valence-electron chi connectivity index (χ3n) is 2.87. The van der Waals surface area contributed by atoms with Crippen LogP contribution in [0.5, 0.6) is 0 Å². The third-order valence-corrected chi connectivity index (χ3v) is 3.26. The van der Waals surface area contributed by atoms with Gasteiger partial charge in [0.1, 0.15) is 23.5 Å². The lowest BCUT2D eigenvalue weighted by Crippen LogP contribution is -2.34. The maximum atomic E-state index is 12.3. The number of hydrogen-bond acceptors (Lipinski definition) is 4. The number of pyridine rings is 1. The molecule has 8 nitrogen and oxygen atoms in total. The monoisotopic (exact) mass is 312 g/mol. The number of aromatic amines is 1. The van der Waals surface area contributed by atoms with Gasteiger partial charge in [-0.05, 0) is 6.42 Å². The average molecular weight is 313 g/mol. The number of H-pyrrole nitrogens is 1. The molecule has 112 valence electrons. The van der Waals surface area contributed by atoms with Crippen molar-refractivity contribution in [2.24, 2.45) is 0 Å². The first-order valence-electron chi connectivity index (χ1n) is 6.23. The van der Waals surface area contributed by atoms with Crippen LogP contribution in [0.1, 0.15) is 29.4 Å². The first-order valence-corrected chi connectivity index (χ1v) is 6.61. The normalized spacial score (nSPS) is 10.8. The molecule has 0 fully saturated rings. The van der Waals surface area contributed by atoms with Crippen molar-refractivity contribution in [1.82, 2.24) is 19.9 Å². The van der Waals surface area contributed by atoms with Crippen molar-refractivity contribution in [1.29, 1.82) is 0 Å². The number of fused-ring (bicyclic) bond motifs is 1. The summed E-state index contributed by atoms with van der Waals surface area (Å²) in [6.07, 6.45) is 2.62. The number of amides is 1. The highest BCUT2D eigenvalue weighted by atomic mass is 35.5. The van der Waals surface area contributed by atoms with Gasteiger partial charge in [0.25, 0.3) is 5.91 Å². The van der Waals surface area contributed by atoms with Crippen molar-refractivity contribution in [2.45, 2.75) is 19.8 Å². The lowest BCUT2D eigenvalue weighted by Gasteiger charge is -2.09. The van der Waals surface area contributed by atoms with Crippen LogP contribution in [-0.4, -0.2) is 38.1 Å². The number of hydrogen-bond donors (Lipinski definition) is 3. The highest BCUT2D eigenvalue weighted by molar-refractivity contribution is 6.31. The maximum Gasteiger partial charge on any atom is 0.322 e. The van der Waals surface area contributed by atoms with E-state index in [1.807, 2.05) is 6.92 Å². The third kappa shape index (κ3) is 2.75. The fourth-order valence-electron chi connectivity index (χ4n) is 2.00. The number of aliphatic carboxylic acids is 1. The van der Waals surface area contributed by atoms with E-state index in [9.17, 15) is 14.4 Å². The highest BCUT2D eigenvalue weighted by Crippen LogP contribution is 2.17. The minimum absolute atomic E-state index is 0.0703. The molecule has 0 unspecified atom stereocenters. The van der Waals surface area contributed by atoms with Gasteiger partial charge < -0.3 is 10.4 Å². The molecule has 0 aromatic carbocycles. The molecule has 0 aliphatic carbocycles. The second-order valence-corrected chi connectivity index (χ2v) is 4.72. The zero-order valence-electron chi connectivity index (χ0n) is 11.1. The molecule has 2 rings (SSSR count). The molecule has 2 aromatic rings. The van der Waals surface area contributed by atoms with Crippen LogP contribution >= 0.6 is 11.6 Å². The van der Waals surface area contributed by atoms with E-state index in [1.54, 1.807) is 0 Å². The molecular weight excluding hydrogens is 300 g/mol. The van der Waals surface area contributed by atoms with Crippen LogP contribution < -0.4 is 10.7 Å². The van der Waals surface area contributed by atoms with Crippen LogP contribution in [0.25, 0.3) is 5.65 Å². The lowest BCUT2D eigenvalue weighted by atomic mass is 10.1. The summed E-state index contributed by atoms with van der Waals surface area (Å²) in [5.74, 6) is -2.03. The van der Waals surface area contributed by atoms with Gasteiger partial charge >= 0.3 is 5.97 Å². The van der Waals surface area contributed by atoms with E-state index in [4.69, 9.17) is 16.7 Å². The van der Waals surface area contributed by atoms with Crippen LogP contribution in [0.3, 0.4) is 0 Å². The first kappa shape index (κ1) is 15.0. The predicted octanol–water partition coefficient (Wildman–Crippen LogP) is 0.443. The molecule has 0 saturated heterocycles. The zero-order valence-corrected chi connectivity index (χ0v) is 11.9. The highest BCUT2D eigenvalue weighted by Gasteiger charge is 2.23. The number of carbonyl (C=O) groups excluding carboxylic acids is 1. The number of nitrogens with one attached hydrogen (secondary N) is 2. The molecule has 9 heteroatoms. The molecule has 2 aromatic heterocycles. The van der Waals surface area contributed by atoms with Gasteiger partial charge in [0.2, 0.25) is 5.43 Å². The Hall–Kier alpha value is -2.35. The molecule has 0 atom stereocenters. The SMILES string of the molecule is CCCc1c(Cl)c(=O)c(C(=O)NCC(=O)O)c2nc[nH]n12. The molecule has 1 amide bonds. The van der Waals surface area contributed by atoms with Gasteiger partial charge in [-0.3, -0.25) is 19.5 Å². The largest absolute Gasteiger partial charge is 0.480 e. The number of aryl methyl sites for hydroxylation is 1. The summed E-state index contributed by atoms with van der Waals surface area (Å²) in [6.45, 7) is 1.33. The second-order valence-electron chi connectivity index (χ2n) is 4.34. The Morgan fingerprint density at radius 3 is 2.86 bits per heavy atom. The Morgan fingerprint density at radius 1 is 1.52 bits per heavy atom. The van der Waals surface area contributed by atoms with Crippen LogP contribution in [0.2, 0.25) is 5.02 Å². The van der Waals surface area contributed by atoms with Crippen LogP contribution in [0.15, 0.2) is 11.1 Å². The van der Waals surface area contributed by atoms with E-state index in [0.29, 0.717) is 12.1 Å². The summed E-state index contributed by atoms with van der Waals surface area (Å²) < 4.78 is 1.46. The molecule has 0 spiro atoms. The summed E-state index contributed by atoms with van der Waals surface area (Å²) in [6, 6.07) is 0. The van der Waals surface area contributed by atoms with E-state index in [0.717, 1.165) is 6.42 Å². The molecule has 0 aliphatic rings. The number of carboxylic acid groups (broad SMARTS) is 1. The smallest absolute Gasteiger partial charge is 0.322 e. The summed E-state index contributed by atoms with van der Waals surface area (Å²) in [4.78, 5) is 38.7. The molecule has 2 heterocycles. The molecular formula is C12H13ClN4O4. The van der Waals surface area contributed by atoms with E-state index in [-0.39, 0.29) is 16.2 Å². The van der Waals surface area contributed by atoms with Gasteiger partial charge in [0.05, 0.1) is 5.69 Å². The molecule has 0 bridgehead atoms. The van der Waals surface area contributed by atoms with Gasteiger partial charge in [0, 0.05) is 0 Å². The van der Waals surface area contributed by atoms with Crippen LogP contribution in [-0.2, 0) is 11.2 Å². The quantitative estimate of drug-likeness (QED) is 0.741. The Labute approximate surface area is 123 Å². The number of carboxylic acids is 1. The predicted molar refractivity (Wildman–Crippen MR) is 74.8 cm³/mol. The van der Waals surface area contributed by atoms with E-state index < -0.39 is 23.9 Å². The maximum absolute atomic E-state index is 12.3. The van der Waals surface area contributed by atoms with Crippen LogP contribution in [0.4, 0.5) is 0 Å². The molecule has 0 aliphatic heterocycles. The van der Waals surface area contributed by atoms with Crippen molar-refractivity contribution < 1.29 is 14.7 Å². The summed E-state index contributed by atoms with van der Waals surface area (Å²) in [5.41, 5.74) is -0.278. The van der Waals surface area contributed by atoms with Gasteiger partial charge in [-0.25, -0.2) is 9.50 Å². The minimum Gasteiger partial charge on any atom is -0.480 e. The van der Waals surface area contributed by atoms with Gasteiger partial charge in [-0.15, -0.1) is 0 Å². The molecule has 0 radical (unpaired) electrons. The first-order chi connectivity index (χ1) is 9.97. The Kier molecular flexibility index (Phi) is 4.27. The van der Waals surface area contributed by atoms with Gasteiger partial charge in [0.15, 0.2) is 5.65 Å². The fraction of sp³-hybridized carbons (Fsp3) is 0.333. The van der Waals surface area contributed by atoms with Crippen molar-refractivity contribution in [3.63, 3.8) is 0 Å². The Balaban J connectivity index is 2.59. The Morgan fingerprint density at radius 2 is 2.24 bits per heavy atom. The molecule has 0 saturated carbocycles. The Bertz CT molecular complexity index is 764. The van der Waals surface area contributed by atoms with E-state index in [1.165, 1.54) is 10.8 Å². The number of aromatic nitrogens is 3. The number of rotatable bonds is 5. The number of carbonyl (C=O) groups is 2. The van der Waals surface area contributed by atoms with Gasteiger partial charge in [-0.1, -0.05) is 24.9 Å². The molecule has 3 N–H and O–H groups in total. The van der Waals surface area contributed by atoms with Crippen molar-refractivity contribution in [2.75, 3.05) is 6.54 Å². The van der Waals surface area contributed by atoms with Crippen LogP contribution in [0, 0.1) is 0 Å². The summed E-state index contributed by atoms with van der Waals surface area (Å²) >= 11 is 6.04. The lowest BCUT2D eigenvalue weighted by molar-refractivity contribution is -0.135. The minimum atomic E-state index is -1.21. The molecule has 21 heavy (non-hydrogen) atoms. The zero-order chi connectivity index (χ0) is 15.6. The average Bonchev–Trinajstić information content (AvgIpc) is 2.90. The second kappa shape index (κ2) is 5.96. The van der Waals surface area contributed by atoms with Crippen molar-refractivity contribution >= 4 is 29.1 Å². The van der Waals surface area contributed by atoms with Crippen molar-refractivity contribution in [3.8, 4) is 0 Å². The number of halogens is 1. The standard InChI is InChI=1S/C12H13ClN4O4/c1-2-3-6-9(13)10(20)8(11-15-5-16-17(6)11)12(21)14-4-7(18)19/h5H,2-4H2,1H3,(H,14,21)(H,15,16)(H,18,19). The van der Waals surface area contributed by atoms with E-state index in [2.05, 4.69) is 15.4 Å². The van der Waals surface area contributed by atoms with Crippen molar-refractivity contribution in [3.05, 3.63) is 32.8 Å². The summed E-state index contributed by atoms with van der Waals surface area (Å²) in [7, 11) is 0. The fourth-order valence-corrected chi connectivity index (χ4v) is 2.27.